The molecule has 116 valence electrons. The van der Waals surface area contributed by atoms with Gasteiger partial charge in [-0.25, -0.2) is 4.79 Å². The summed E-state index contributed by atoms with van der Waals surface area (Å²) in [5.74, 6) is 10.4. The summed E-state index contributed by atoms with van der Waals surface area (Å²) in [6, 6.07) is -0.575. The average Bonchev–Trinajstić information content (AvgIpc) is 2.63. The van der Waals surface area contributed by atoms with Gasteiger partial charge in [0.05, 0.1) is 0 Å². The molecule has 3 amide bonds. The molecule has 1 aliphatic heterocycles. The van der Waals surface area contributed by atoms with Crippen LogP contribution in [-0.2, 0) is 4.79 Å². The van der Waals surface area contributed by atoms with Crippen LogP contribution in [0.2, 0.25) is 0 Å². The number of hydrogen-bond donors (Lipinski definition) is 4. The Morgan fingerprint density at radius 3 is 2.15 bits per heavy atom. The molecule has 0 radical (unpaired) electrons. The van der Waals surface area contributed by atoms with E-state index in [1.165, 1.54) is 4.90 Å². The normalized spacial score (nSPS) is 19.6. The SMILES string of the molecule is CC(C)C1C(=O)N(CCCNN)C(=O)N1CCCNN. The third-order valence-corrected chi connectivity index (χ3v) is 3.39. The molecule has 1 atom stereocenters. The van der Waals surface area contributed by atoms with Gasteiger partial charge in [0, 0.05) is 26.2 Å². The summed E-state index contributed by atoms with van der Waals surface area (Å²) in [6.45, 7) is 6.02. The maximum atomic E-state index is 12.4. The fraction of sp³-hybridized carbons (Fsp3) is 0.833. The molecule has 1 rings (SSSR count). The van der Waals surface area contributed by atoms with Gasteiger partial charge in [0.25, 0.3) is 5.91 Å². The number of imide groups is 1. The minimum atomic E-state index is -0.369. The molecule has 0 bridgehead atoms. The number of urea groups is 1. The Hall–Kier alpha value is -1.22. The van der Waals surface area contributed by atoms with Crippen molar-refractivity contribution in [2.45, 2.75) is 32.7 Å². The van der Waals surface area contributed by atoms with E-state index in [9.17, 15) is 9.59 Å². The molecule has 0 saturated carbocycles. The Labute approximate surface area is 119 Å². The van der Waals surface area contributed by atoms with E-state index in [-0.39, 0.29) is 23.9 Å². The predicted octanol–water partition coefficient (Wildman–Crippen LogP) is -1.02. The number of amides is 3. The molecule has 1 fully saturated rings. The van der Waals surface area contributed by atoms with Crippen LogP contribution in [-0.4, -0.2) is 54.0 Å². The third-order valence-electron chi connectivity index (χ3n) is 3.39. The Balaban J connectivity index is 2.70. The molecule has 0 aromatic heterocycles. The number of nitrogens with zero attached hydrogens (tertiary/aromatic N) is 2. The van der Waals surface area contributed by atoms with E-state index in [1.807, 2.05) is 13.8 Å². The van der Waals surface area contributed by atoms with Gasteiger partial charge in [-0.15, -0.1) is 0 Å². The lowest BCUT2D eigenvalue weighted by molar-refractivity contribution is -0.129. The molecule has 6 N–H and O–H groups in total. The zero-order valence-corrected chi connectivity index (χ0v) is 12.3. The smallest absolute Gasteiger partial charge is 0.312 e. The van der Waals surface area contributed by atoms with Crippen molar-refractivity contribution in [3.8, 4) is 0 Å². The number of nitrogens with two attached hydrogens (primary N) is 2. The number of rotatable bonds is 9. The molecular weight excluding hydrogens is 260 g/mol. The van der Waals surface area contributed by atoms with Crippen molar-refractivity contribution in [1.82, 2.24) is 20.7 Å². The number of hydrogen-bond acceptors (Lipinski definition) is 6. The lowest BCUT2D eigenvalue weighted by Gasteiger charge is -2.24. The average molecular weight is 286 g/mol. The van der Waals surface area contributed by atoms with Crippen LogP contribution in [0.4, 0.5) is 4.79 Å². The molecule has 1 aliphatic rings. The highest BCUT2D eigenvalue weighted by Gasteiger charge is 2.45. The minimum absolute atomic E-state index is 0.0925. The van der Waals surface area contributed by atoms with Gasteiger partial charge in [-0.1, -0.05) is 13.8 Å². The molecule has 1 heterocycles. The fourth-order valence-electron chi connectivity index (χ4n) is 2.44. The molecule has 0 aliphatic carbocycles. The van der Waals surface area contributed by atoms with E-state index in [4.69, 9.17) is 11.7 Å². The highest BCUT2D eigenvalue weighted by atomic mass is 16.2. The van der Waals surface area contributed by atoms with E-state index in [0.29, 0.717) is 32.6 Å². The van der Waals surface area contributed by atoms with Gasteiger partial charge in [-0.3, -0.25) is 32.2 Å². The topological polar surface area (TPSA) is 117 Å². The molecule has 8 nitrogen and oxygen atoms in total. The molecule has 1 saturated heterocycles. The highest BCUT2D eigenvalue weighted by molar-refractivity contribution is 6.04. The van der Waals surface area contributed by atoms with Crippen LogP contribution in [0.3, 0.4) is 0 Å². The first kappa shape index (κ1) is 16.8. The van der Waals surface area contributed by atoms with E-state index in [1.54, 1.807) is 4.90 Å². The van der Waals surface area contributed by atoms with Crippen LogP contribution in [0.15, 0.2) is 0 Å². The first-order chi connectivity index (χ1) is 9.54. The summed E-state index contributed by atoms with van der Waals surface area (Å²) in [4.78, 5) is 27.7. The van der Waals surface area contributed by atoms with Crippen molar-refractivity contribution in [2.24, 2.45) is 17.6 Å². The minimum Gasteiger partial charge on any atom is -0.312 e. The Morgan fingerprint density at radius 2 is 1.65 bits per heavy atom. The lowest BCUT2D eigenvalue weighted by Crippen LogP contribution is -2.40. The summed E-state index contributed by atoms with van der Waals surface area (Å²) < 4.78 is 0. The first-order valence-corrected chi connectivity index (χ1v) is 7.03. The Kier molecular flexibility index (Phi) is 6.86. The van der Waals surface area contributed by atoms with Gasteiger partial charge in [-0.2, -0.15) is 0 Å². The summed E-state index contributed by atoms with van der Waals surface area (Å²) in [5.41, 5.74) is 5.08. The van der Waals surface area contributed by atoms with Crippen molar-refractivity contribution in [3.05, 3.63) is 0 Å². The number of carbonyl (C=O) groups is 2. The van der Waals surface area contributed by atoms with E-state index in [0.717, 1.165) is 6.42 Å². The molecule has 20 heavy (non-hydrogen) atoms. The second-order valence-electron chi connectivity index (χ2n) is 5.27. The first-order valence-electron chi connectivity index (χ1n) is 7.03. The fourth-order valence-corrected chi connectivity index (χ4v) is 2.44. The van der Waals surface area contributed by atoms with Crippen LogP contribution in [0, 0.1) is 5.92 Å². The molecule has 0 aromatic carbocycles. The third kappa shape index (κ3) is 3.89. The van der Waals surface area contributed by atoms with Gasteiger partial charge in [0.2, 0.25) is 0 Å². The van der Waals surface area contributed by atoms with Crippen LogP contribution < -0.4 is 22.5 Å². The monoisotopic (exact) mass is 286 g/mol. The van der Waals surface area contributed by atoms with Gasteiger partial charge in [0.1, 0.15) is 6.04 Å². The molecule has 0 spiro atoms. The molecule has 8 heteroatoms. The van der Waals surface area contributed by atoms with Gasteiger partial charge in [0.15, 0.2) is 0 Å². The van der Waals surface area contributed by atoms with E-state index >= 15 is 0 Å². The van der Waals surface area contributed by atoms with Gasteiger partial charge >= 0.3 is 6.03 Å². The van der Waals surface area contributed by atoms with Gasteiger partial charge in [-0.05, 0) is 18.8 Å². The van der Waals surface area contributed by atoms with Crippen LogP contribution in [0.25, 0.3) is 0 Å². The molecular formula is C12H26N6O2. The number of carbonyl (C=O) groups excluding carboxylic acids is 2. The standard InChI is InChI=1S/C12H26N6O2/c1-9(2)10-11(19)18(8-4-6-16-14)12(20)17(10)7-3-5-15-13/h9-10,15-16H,3-8,13-14H2,1-2H3. The molecule has 0 aromatic rings. The zero-order chi connectivity index (χ0) is 15.1. The second-order valence-corrected chi connectivity index (χ2v) is 5.27. The maximum Gasteiger partial charge on any atom is 0.327 e. The van der Waals surface area contributed by atoms with Crippen LogP contribution >= 0.6 is 0 Å². The van der Waals surface area contributed by atoms with Crippen molar-refractivity contribution in [3.63, 3.8) is 0 Å². The van der Waals surface area contributed by atoms with Crippen molar-refractivity contribution < 1.29 is 9.59 Å². The summed E-state index contributed by atoms with van der Waals surface area (Å²) in [7, 11) is 0. The number of nitrogens with one attached hydrogen (secondary N) is 2. The number of hydrazine groups is 2. The zero-order valence-electron chi connectivity index (χ0n) is 12.3. The Morgan fingerprint density at radius 1 is 1.10 bits per heavy atom. The largest absolute Gasteiger partial charge is 0.327 e. The van der Waals surface area contributed by atoms with Crippen LogP contribution in [0.5, 0.6) is 0 Å². The van der Waals surface area contributed by atoms with Gasteiger partial charge < -0.3 is 4.90 Å². The van der Waals surface area contributed by atoms with Crippen molar-refractivity contribution in [1.29, 1.82) is 0 Å². The second kappa shape index (κ2) is 8.15. The van der Waals surface area contributed by atoms with Crippen LogP contribution in [0.1, 0.15) is 26.7 Å². The summed E-state index contributed by atoms with van der Waals surface area (Å²) in [5, 5.41) is 0. The maximum absolute atomic E-state index is 12.4. The summed E-state index contributed by atoms with van der Waals surface area (Å²) >= 11 is 0. The Bertz CT molecular complexity index is 336. The lowest BCUT2D eigenvalue weighted by atomic mass is 10.0. The summed E-state index contributed by atoms with van der Waals surface area (Å²) in [6.07, 6.45) is 1.37. The van der Waals surface area contributed by atoms with Crippen molar-refractivity contribution in [2.75, 3.05) is 26.2 Å². The van der Waals surface area contributed by atoms with E-state index in [2.05, 4.69) is 10.9 Å². The predicted molar refractivity (Wildman–Crippen MR) is 76.1 cm³/mol. The molecule has 1 unspecified atom stereocenters. The quantitative estimate of drug-likeness (QED) is 0.187. The van der Waals surface area contributed by atoms with Crippen molar-refractivity contribution >= 4 is 11.9 Å². The van der Waals surface area contributed by atoms with E-state index < -0.39 is 0 Å². The highest BCUT2D eigenvalue weighted by Crippen LogP contribution is 2.23.